The van der Waals surface area contributed by atoms with Gasteiger partial charge >= 0.3 is 0 Å². The molecule has 0 bridgehead atoms. The minimum absolute atomic E-state index is 0.109. The fourth-order valence-corrected chi connectivity index (χ4v) is 3.05. The summed E-state index contributed by atoms with van der Waals surface area (Å²) in [5.74, 6) is 1.51. The van der Waals surface area contributed by atoms with E-state index in [2.05, 4.69) is 5.32 Å². The predicted octanol–water partition coefficient (Wildman–Crippen LogP) is 2.32. The molecule has 2 aromatic heterocycles. The number of carbonyl (C=O) groups excluding carboxylic acids is 1. The molecule has 26 heavy (non-hydrogen) atoms. The standard InChI is InChI=1S/C19H18N2O5/c1-2-21-10-14(19(23)20-6-5-12-4-3-7-24-12)18(22)13-8-16-17(9-15(13)21)26-11-25-16/h3-4,7-10H,2,5-6,11H2,1H3,(H,20,23). The molecule has 0 saturated heterocycles. The fraction of sp³-hybridized carbons (Fsp3) is 0.263. The van der Waals surface area contributed by atoms with Crippen LogP contribution in [0.15, 0.2) is 45.9 Å². The minimum atomic E-state index is -0.400. The molecule has 1 N–H and O–H groups in total. The Balaban J connectivity index is 1.66. The lowest BCUT2D eigenvalue weighted by molar-refractivity contribution is 0.0952. The fourth-order valence-electron chi connectivity index (χ4n) is 3.05. The molecule has 0 atom stereocenters. The van der Waals surface area contributed by atoms with Gasteiger partial charge in [-0.1, -0.05) is 0 Å². The van der Waals surface area contributed by atoms with Gasteiger partial charge in [0.1, 0.15) is 11.3 Å². The summed E-state index contributed by atoms with van der Waals surface area (Å²) in [6.45, 7) is 3.08. The van der Waals surface area contributed by atoms with Crippen molar-refractivity contribution in [1.82, 2.24) is 9.88 Å². The third-order valence-corrected chi connectivity index (χ3v) is 4.40. The maximum Gasteiger partial charge on any atom is 0.256 e. The second kappa shape index (κ2) is 6.59. The van der Waals surface area contributed by atoms with Crippen LogP contribution in [0, 0.1) is 0 Å². The molecule has 0 fully saturated rings. The van der Waals surface area contributed by atoms with Crippen LogP contribution in [0.1, 0.15) is 23.0 Å². The molecule has 134 valence electrons. The molecule has 0 radical (unpaired) electrons. The van der Waals surface area contributed by atoms with Gasteiger partial charge in [-0.15, -0.1) is 0 Å². The van der Waals surface area contributed by atoms with Gasteiger partial charge in [-0.05, 0) is 25.1 Å². The lowest BCUT2D eigenvalue weighted by Gasteiger charge is -2.12. The van der Waals surface area contributed by atoms with Crippen molar-refractivity contribution >= 4 is 16.8 Å². The van der Waals surface area contributed by atoms with E-state index in [0.29, 0.717) is 41.9 Å². The largest absolute Gasteiger partial charge is 0.469 e. The van der Waals surface area contributed by atoms with Crippen molar-refractivity contribution in [2.45, 2.75) is 19.9 Å². The number of nitrogens with zero attached hydrogens (tertiary/aromatic N) is 1. The molecule has 4 rings (SSSR count). The minimum Gasteiger partial charge on any atom is -0.469 e. The zero-order valence-electron chi connectivity index (χ0n) is 14.3. The summed E-state index contributed by atoms with van der Waals surface area (Å²) >= 11 is 0. The number of furan rings is 1. The molecule has 7 heteroatoms. The van der Waals surface area contributed by atoms with E-state index in [4.69, 9.17) is 13.9 Å². The highest BCUT2D eigenvalue weighted by molar-refractivity contribution is 5.97. The number of fused-ring (bicyclic) bond motifs is 2. The average Bonchev–Trinajstić information content (AvgIpc) is 3.32. The maximum absolute atomic E-state index is 12.8. The first-order valence-electron chi connectivity index (χ1n) is 8.44. The molecule has 1 amide bonds. The quantitative estimate of drug-likeness (QED) is 0.760. The van der Waals surface area contributed by atoms with Crippen molar-refractivity contribution < 1.29 is 18.7 Å². The molecule has 0 spiro atoms. The van der Waals surface area contributed by atoms with Gasteiger partial charge in [0, 0.05) is 31.8 Å². The summed E-state index contributed by atoms with van der Waals surface area (Å²) < 4.78 is 17.8. The van der Waals surface area contributed by atoms with E-state index in [9.17, 15) is 9.59 Å². The summed E-state index contributed by atoms with van der Waals surface area (Å²) in [7, 11) is 0. The van der Waals surface area contributed by atoms with Crippen LogP contribution in [-0.2, 0) is 13.0 Å². The van der Waals surface area contributed by atoms with E-state index in [1.807, 2.05) is 17.6 Å². The Hall–Kier alpha value is -3.22. The van der Waals surface area contributed by atoms with Crippen LogP contribution in [-0.4, -0.2) is 23.8 Å². The van der Waals surface area contributed by atoms with Crippen molar-refractivity contribution in [3.63, 3.8) is 0 Å². The molecule has 3 aromatic rings. The van der Waals surface area contributed by atoms with Crippen molar-refractivity contribution in [1.29, 1.82) is 0 Å². The number of carbonyl (C=O) groups is 1. The molecule has 3 heterocycles. The maximum atomic E-state index is 12.8. The molecule has 1 aliphatic rings. The van der Waals surface area contributed by atoms with E-state index < -0.39 is 5.91 Å². The summed E-state index contributed by atoms with van der Waals surface area (Å²) in [5.41, 5.74) is 0.505. The summed E-state index contributed by atoms with van der Waals surface area (Å²) in [4.78, 5) is 25.4. The number of aryl methyl sites for hydroxylation is 1. The van der Waals surface area contributed by atoms with Gasteiger partial charge in [0.15, 0.2) is 11.5 Å². The SMILES string of the molecule is CCn1cc(C(=O)NCCc2ccco2)c(=O)c2cc3c(cc21)OCO3. The van der Waals surface area contributed by atoms with E-state index in [-0.39, 0.29) is 17.8 Å². The van der Waals surface area contributed by atoms with Gasteiger partial charge in [-0.25, -0.2) is 0 Å². The van der Waals surface area contributed by atoms with Crippen molar-refractivity contribution in [2.75, 3.05) is 13.3 Å². The topological polar surface area (TPSA) is 82.7 Å². The van der Waals surface area contributed by atoms with Crippen LogP contribution < -0.4 is 20.2 Å². The summed E-state index contributed by atoms with van der Waals surface area (Å²) in [5, 5.41) is 3.22. The number of ether oxygens (including phenoxy) is 2. The highest BCUT2D eigenvalue weighted by Crippen LogP contribution is 2.35. The first-order valence-corrected chi connectivity index (χ1v) is 8.44. The number of aromatic nitrogens is 1. The van der Waals surface area contributed by atoms with Gasteiger partial charge < -0.3 is 23.8 Å². The zero-order valence-corrected chi connectivity index (χ0v) is 14.3. The highest BCUT2D eigenvalue weighted by Gasteiger charge is 2.20. The number of benzene rings is 1. The number of hydrogen-bond acceptors (Lipinski definition) is 5. The van der Waals surface area contributed by atoms with Gasteiger partial charge in [-0.2, -0.15) is 0 Å². The summed E-state index contributed by atoms with van der Waals surface area (Å²) in [6.07, 6.45) is 3.74. The van der Waals surface area contributed by atoms with Crippen LogP contribution in [0.5, 0.6) is 11.5 Å². The number of amides is 1. The lowest BCUT2D eigenvalue weighted by Crippen LogP contribution is -2.31. The van der Waals surface area contributed by atoms with Crippen molar-refractivity contribution in [3.05, 3.63) is 58.3 Å². The molecule has 0 aliphatic carbocycles. The number of rotatable bonds is 5. The van der Waals surface area contributed by atoms with Gasteiger partial charge in [0.05, 0.1) is 17.2 Å². The number of pyridine rings is 1. The molecule has 0 saturated carbocycles. The zero-order chi connectivity index (χ0) is 18.1. The van der Waals surface area contributed by atoms with E-state index in [1.54, 1.807) is 30.7 Å². The van der Waals surface area contributed by atoms with E-state index in [1.165, 1.54) is 0 Å². The third kappa shape index (κ3) is 2.81. The second-order valence-corrected chi connectivity index (χ2v) is 5.97. The van der Waals surface area contributed by atoms with Crippen LogP contribution in [0.25, 0.3) is 10.9 Å². The molecule has 1 aliphatic heterocycles. The molecular formula is C19H18N2O5. The number of nitrogens with one attached hydrogen (secondary N) is 1. The average molecular weight is 354 g/mol. The smallest absolute Gasteiger partial charge is 0.256 e. The monoisotopic (exact) mass is 354 g/mol. The van der Waals surface area contributed by atoms with Crippen molar-refractivity contribution in [3.8, 4) is 11.5 Å². The Morgan fingerprint density at radius 3 is 2.81 bits per heavy atom. The van der Waals surface area contributed by atoms with Crippen LogP contribution in [0.2, 0.25) is 0 Å². The molecule has 7 nitrogen and oxygen atoms in total. The third-order valence-electron chi connectivity index (χ3n) is 4.40. The predicted molar refractivity (Wildman–Crippen MR) is 94.8 cm³/mol. The van der Waals surface area contributed by atoms with E-state index in [0.717, 1.165) is 5.76 Å². The Labute approximate surface area is 149 Å². The Morgan fingerprint density at radius 2 is 2.08 bits per heavy atom. The summed E-state index contributed by atoms with van der Waals surface area (Å²) in [6, 6.07) is 7.06. The van der Waals surface area contributed by atoms with Crippen LogP contribution in [0.4, 0.5) is 0 Å². The molecular weight excluding hydrogens is 336 g/mol. The Kier molecular flexibility index (Phi) is 4.12. The lowest BCUT2D eigenvalue weighted by atomic mass is 10.1. The molecule has 0 unspecified atom stereocenters. The van der Waals surface area contributed by atoms with Gasteiger partial charge in [0.2, 0.25) is 12.2 Å². The Morgan fingerprint density at radius 1 is 1.27 bits per heavy atom. The van der Waals surface area contributed by atoms with Gasteiger partial charge in [0.25, 0.3) is 5.91 Å². The highest BCUT2D eigenvalue weighted by atomic mass is 16.7. The van der Waals surface area contributed by atoms with Crippen LogP contribution >= 0.6 is 0 Å². The van der Waals surface area contributed by atoms with Crippen molar-refractivity contribution in [2.24, 2.45) is 0 Å². The Bertz CT molecular complexity index is 1020. The number of hydrogen-bond donors (Lipinski definition) is 1. The molecule has 1 aromatic carbocycles. The first kappa shape index (κ1) is 16.3. The van der Waals surface area contributed by atoms with Gasteiger partial charge in [-0.3, -0.25) is 9.59 Å². The van der Waals surface area contributed by atoms with E-state index >= 15 is 0 Å². The normalized spacial score (nSPS) is 12.5. The first-order chi connectivity index (χ1) is 12.7. The van der Waals surface area contributed by atoms with Crippen LogP contribution in [0.3, 0.4) is 0 Å². The second-order valence-electron chi connectivity index (χ2n) is 5.97.